The van der Waals surface area contributed by atoms with Crippen molar-refractivity contribution in [3.63, 3.8) is 0 Å². The minimum atomic E-state index is -4.43. The second-order valence-corrected chi connectivity index (χ2v) is 4.42. The van der Waals surface area contributed by atoms with E-state index in [0.717, 1.165) is 12.1 Å². The van der Waals surface area contributed by atoms with E-state index in [4.69, 9.17) is 10.5 Å². The molecule has 1 heterocycles. The van der Waals surface area contributed by atoms with Gasteiger partial charge in [0.25, 0.3) is 0 Å². The van der Waals surface area contributed by atoms with Crippen molar-refractivity contribution in [1.29, 1.82) is 0 Å². The Labute approximate surface area is 113 Å². The summed E-state index contributed by atoms with van der Waals surface area (Å²) in [5, 5.41) is 3.91. The fraction of sp³-hybridized carbons (Fsp3) is 0.333. The van der Waals surface area contributed by atoms with Gasteiger partial charge in [-0.2, -0.15) is 18.2 Å². The predicted molar refractivity (Wildman–Crippen MR) is 66.3 cm³/mol. The fourth-order valence-corrected chi connectivity index (χ4v) is 1.57. The maximum Gasteiger partial charge on any atom is 0.416 e. The predicted octanol–water partition coefficient (Wildman–Crippen LogP) is 3.25. The first kappa shape index (κ1) is 14.2. The van der Waals surface area contributed by atoms with Crippen molar-refractivity contribution in [3.05, 3.63) is 29.8 Å². The number of nitrogens with two attached hydrogens (primary N) is 1. The monoisotopic (exact) mass is 286 g/mol. The van der Waals surface area contributed by atoms with E-state index in [-0.39, 0.29) is 23.8 Å². The van der Waals surface area contributed by atoms with Gasteiger partial charge < -0.3 is 10.5 Å². The summed E-state index contributed by atoms with van der Waals surface area (Å²) in [7, 11) is 0. The van der Waals surface area contributed by atoms with Crippen LogP contribution >= 0.6 is 0 Å². The third-order valence-electron chi connectivity index (χ3n) is 2.48. The zero-order valence-electron chi connectivity index (χ0n) is 10.8. The molecule has 1 aromatic heterocycles. The molecular weight excluding hydrogens is 273 g/mol. The van der Waals surface area contributed by atoms with Gasteiger partial charge in [-0.3, -0.25) is 0 Å². The lowest BCUT2D eigenvalue weighted by atomic mass is 10.2. The molecule has 0 aliphatic carbocycles. The van der Waals surface area contributed by atoms with Gasteiger partial charge in [0.15, 0.2) is 0 Å². The van der Waals surface area contributed by atoms with Crippen molar-refractivity contribution in [2.75, 3.05) is 5.73 Å². The van der Waals surface area contributed by atoms with E-state index < -0.39 is 11.7 Å². The maximum absolute atomic E-state index is 12.6. The minimum Gasteiger partial charge on any atom is -0.424 e. The van der Waals surface area contributed by atoms with Gasteiger partial charge in [0.2, 0.25) is 5.95 Å². The van der Waals surface area contributed by atoms with Crippen LogP contribution in [0, 0.1) is 0 Å². The molecule has 2 N–H and O–H groups in total. The van der Waals surface area contributed by atoms with Gasteiger partial charge in [-0.05, 0) is 32.0 Å². The Balaban J connectivity index is 2.31. The van der Waals surface area contributed by atoms with Gasteiger partial charge in [0.1, 0.15) is 5.75 Å². The number of hydrogen-bond acceptors (Lipinski definition) is 4. The van der Waals surface area contributed by atoms with E-state index in [2.05, 4.69) is 10.1 Å². The number of ether oxygens (including phenoxy) is 1. The Morgan fingerprint density at radius 2 is 2.00 bits per heavy atom. The number of rotatable bonds is 3. The average molecular weight is 286 g/mol. The van der Waals surface area contributed by atoms with Crippen LogP contribution < -0.4 is 10.5 Å². The first-order valence-corrected chi connectivity index (χ1v) is 5.84. The first-order chi connectivity index (χ1) is 9.27. The van der Waals surface area contributed by atoms with E-state index >= 15 is 0 Å². The average Bonchev–Trinajstić information content (AvgIpc) is 2.69. The second-order valence-electron chi connectivity index (χ2n) is 4.42. The summed E-state index contributed by atoms with van der Waals surface area (Å²) in [5.41, 5.74) is 4.67. The van der Waals surface area contributed by atoms with Crippen LogP contribution in [0.1, 0.15) is 25.5 Å². The Bertz CT molecular complexity index is 607. The summed E-state index contributed by atoms with van der Waals surface area (Å²) >= 11 is 0. The van der Waals surface area contributed by atoms with Gasteiger partial charge in [0.05, 0.1) is 11.6 Å². The van der Waals surface area contributed by atoms with Crippen molar-refractivity contribution in [2.24, 2.45) is 0 Å². The zero-order chi connectivity index (χ0) is 14.9. The molecule has 0 aliphatic heterocycles. The lowest BCUT2D eigenvalue weighted by Gasteiger charge is -2.11. The highest BCUT2D eigenvalue weighted by Gasteiger charge is 2.30. The Hall–Kier alpha value is -2.25. The van der Waals surface area contributed by atoms with Crippen LogP contribution in [0.5, 0.6) is 11.8 Å². The Morgan fingerprint density at radius 1 is 1.30 bits per heavy atom. The molecule has 2 rings (SSSR count). The highest BCUT2D eigenvalue weighted by Crippen LogP contribution is 2.32. The molecule has 0 saturated carbocycles. The molecule has 0 fully saturated rings. The van der Waals surface area contributed by atoms with Gasteiger partial charge in [-0.25, -0.2) is 4.68 Å². The Kier molecular flexibility index (Phi) is 3.56. The normalized spacial score (nSPS) is 11.9. The van der Waals surface area contributed by atoms with E-state index in [1.807, 2.05) is 13.8 Å². The second kappa shape index (κ2) is 5.03. The van der Waals surface area contributed by atoms with E-state index in [9.17, 15) is 13.2 Å². The molecular formula is C12H13F3N4O. The summed E-state index contributed by atoms with van der Waals surface area (Å²) in [4.78, 5) is 3.85. The van der Waals surface area contributed by atoms with Crippen LogP contribution in [0.25, 0.3) is 0 Å². The van der Waals surface area contributed by atoms with Crippen LogP contribution in [0.15, 0.2) is 24.3 Å². The molecule has 0 unspecified atom stereocenters. The summed E-state index contributed by atoms with van der Waals surface area (Å²) < 4.78 is 44.6. The summed E-state index contributed by atoms with van der Waals surface area (Å²) in [5.74, 6) is 0.0230. The maximum atomic E-state index is 12.6. The summed E-state index contributed by atoms with van der Waals surface area (Å²) in [6.07, 6.45) is -4.43. The standard InChI is InChI=1S/C12H13F3N4O/c1-7(2)19-11(17-10(16)18-19)20-9-5-3-4-8(6-9)12(13,14)15/h3-7H,1-2H3,(H2,16,18). The molecule has 0 spiro atoms. The van der Waals surface area contributed by atoms with Gasteiger partial charge in [0, 0.05) is 0 Å². The van der Waals surface area contributed by atoms with Gasteiger partial charge in [-0.15, -0.1) is 5.10 Å². The molecule has 108 valence electrons. The Morgan fingerprint density at radius 3 is 2.60 bits per heavy atom. The fourth-order valence-electron chi connectivity index (χ4n) is 1.57. The van der Waals surface area contributed by atoms with Crippen LogP contribution in [0.3, 0.4) is 0 Å². The van der Waals surface area contributed by atoms with Crippen LogP contribution in [0.4, 0.5) is 19.1 Å². The van der Waals surface area contributed by atoms with Crippen molar-refractivity contribution >= 4 is 5.95 Å². The molecule has 8 heteroatoms. The first-order valence-electron chi connectivity index (χ1n) is 5.84. The lowest BCUT2D eigenvalue weighted by Crippen LogP contribution is -2.07. The summed E-state index contributed by atoms with van der Waals surface area (Å²) in [6.45, 7) is 3.65. The number of anilines is 1. The molecule has 20 heavy (non-hydrogen) atoms. The zero-order valence-corrected chi connectivity index (χ0v) is 10.8. The number of benzene rings is 1. The minimum absolute atomic E-state index is 0.000626. The molecule has 0 aliphatic rings. The molecule has 0 amide bonds. The number of nitrogens with zero attached hydrogens (tertiary/aromatic N) is 3. The third kappa shape index (κ3) is 3.01. The van der Waals surface area contributed by atoms with Crippen molar-refractivity contribution in [1.82, 2.24) is 14.8 Å². The van der Waals surface area contributed by atoms with E-state index in [0.29, 0.717) is 0 Å². The largest absolute Gasteiger partial charge is 0.424 e. The number of alkyl halides is 3. The van der Waals surface area contributed by atoms with Crippen molar-refractivity contribution in [2.45, 2.75) is 26.1 Å². The van der Waals surface area contributed by atoms with E-state index in [1.165, 1.54) is 16.8 Å². The number of hydrogen-bond donors (Lipinski definition) is 1. The molecule has 0 bridgehead atoms. The number of halogens is 3. The molecule has 5 nitrogen and oxygen atoms in total. The SMILES string of the molecule is CC(C)n1nc(N)nc1Oc1cccc(C(F)(F)F)c1. The highest BCUT2D eigenvalue weighted by molar-refractivity contribution is 5.32. The topological polar surface area (TPSA) is 66.0 Å². The summed E-state index contributed by atoms with van der Waals surface area (Å²) in [6, 6.07) is 4.50. The smallest absolute Gasteiger partial charge is 0.416 e. The van der Waals surface area contributed by atoms with E-state index in [1.54, 1.807) is 0 Å². The molecule has 1 aromatic carbocycles. The van der Waals surface area contributed by atoms with Crippen LogP contribution in [0.2, 0.25) is 0 Å². The third-order valence-corrected chi connectivity index (χ3v) is 2.48. The lowest BCUT2D eigenvalue weighted by molar-refractivity contribution is -0.137. The highest BCUT2D eigenvalue weighted by atomic mass is 19.4. The van der Waals surface area contributed by atoms with Crippen molar-refractivity contribution < 1.29 is 17.9 Å². The molecule has 0 atom stereocenters. The number of aromatic nitrogens is 3. The van der Waals surface area contributed by atoms with Gasteiger partial charge >= 0.3 is 12.2 Å². The molecule has 0 saturated heterocycles. The molecule has 2 aromatic rings. The van der Waals surface area contributed by atoms with Crippen LogP contribution in [-0.4, -0.2) is 14.8 Å². The molecule has 0 radical (unpaired) electrons. The van der Waals surface area contributed by atoms with Crippen LogP contribution in [-0.2, 0) is 6.18 Å². The number of nitrogen functional groups attached to an aromatic ring is 1. The quantitative estimate of drug-likeness (QED) is 0.940. The van der Waals surface area contributed by atoms with Gasteiger partial charge in [-0.1, -0.05) is 6.07 Å². The van der Waals surface area contributed by atoms with Crippen molar-refractivity contribution in [3.8, 4) is 11.8 Å².